The summed E-state index contributed by atoms with van der Waals surface area (Å²) in [6.45, 7) is 1.54. The number of halogens is 2. The molecular weight excluding hydrogens is 452 g/mol. The standard InChI is InChI=1S/C26H23F2N5O2/c27-21-10-20(19-6-3-17-2-1-8-29-23(17)12-19)11-22(28)24(21)32-15-30-33(26(32)35)14-16-7-9-31(13-16)25(34)18-4-5-18/h1-3,6,8,10-12,15-16,18H,4-5,7,9,13-14H2/t16-/m0/s1. The molecule has 0 bridgehead atoms. The summed E-state index contributed by atoms with van der Waals surface area (Å²) in [5.74, 6) is -1.28. The molecule has 6 rings (SSSR count). The number of amides is 1. The molecule has 1 aliphatic carbocycles. The van der Waals surface area contributed by atoms with Gasteiger partial charge in [-0.3, -0.25) is 9.78 Å². The zero-order valence-corrected chi connectivity index (χ0v) is 18.9. The van der Waals surface area contributed by atoms with E-state index in [1.54, 1.807) is 18.3 Å². The van der Waals surface area contributed by atoms with Gasteiger partial charge in [-0.1, -0.05) is 18.2 Å². The van der Waals surface area contributed by atoms with E-state index in [-0.39, 0.29) is 17.7 Å². The molecule has 0 spiro atoms. The minimum atomic E-state index is -0.857. The van der Waals surface area contributed by atoms with Gasteiger partial charge in [-0.15, -0.1) is 0 Å². The number of rotatable bonds is 5. The molecule has 1 atom stereocenters. The normalized spacial score (nSPS) is 17.9. The summed E-state index contributed by atoms with van der Waals surface area (Å²) >= 11 is 0. The first-order valence-electron chi connectivity index (χ1n) is 11.8. The van der Waals surface area contributed by atoms with E-state index in [1.807, 2.05) is 23.1 Å². The highest BCUT2D eigenvalue weighted by Crippen LogP contribution is 2.33. The molecule has 3 heterocycles. The van der Waals surface area contributed by atoms with Crippen LogP contribution in [0.1, 0.15) is 19.3 Å². The molecule has 4 aromatic rings. The second-order valence-corrected chi connectivity index (χ2v) is 9.38. The lowest BCUT2D eigenvalue weighted by Gasteiger charge is -2.16. The van der Waals surface area contributed by atoms with Crippen molar-refractivity contribution in [3.05, 3.63) is 77.1 Å². The highest BCUT2D eigenvalue weighted by molar-refractivity contribution is 5.84. The van der Waals surface area contributed by atoms with Gasteiger partial charge in [0.05, 0.1) is 12.1 Å². The largest absolute Gasteiger partial charge is 0.350 e. The van der Waals surface area contributed by atoms with Gasteiger partial charge in [-0.2, -0.15) is 5.10 Å². The van der Waals surface area contributed by atoms with Crippen molar-refractivity contribution in [3.63, 3.8) is 0 Å². The Morgan fingerprint density at radius 2 is 1.83 bits per heavy atom. The van der Waals surface area contributed by atoms with Gasteiger partial charge in [0.25, 0.3) is 0 Å². The first-order valence-corrected chi connectivity index (χ1v) is 11.8. The minimum absolute atomic E-state index is 0.0809. The second kappa shape index (κ2) is 8.41. The van der Waals surface area contributed by atoms with Crippen molar-refractivity contribution in [1.82, 2.24) is 24.2 Å². The zero-order chi connectivity index (χ0) is 24.1. The van der Waals surface area contributed by atoms with E-state index in [9.17, 15) is 9.59 Å². The van der Waals surface area contributed by atoms with Gasteiger partial charge >= 0.3 is 5.69 Å². The van der Waals surface area contributed by atoms with Crippen LogP contribution in [0.2, 0.25) is 0 Å². The molecule has 35 heavy (non-hydrogen) atoms. The van der Waals surface area contributed by atoms with E-state index in [2.05, 4.69) is 10.1 Å². The lowest BCUT2D eigenvalue weighted by Crippen LogP contribution is -2.32. The third kappa shape index (κ3) is 4.00. The highest BCUT2D eigenvalue weighted by Gasteiger charge is 2.36. The van der Waals surface area contributed by atoms with E-state index in [1.165, 1.54) is 16.8 Å². The molecule has 2 fully saturated rings. The number of hydrogen-bond acceptors (Lipinski definition) is 4. The number of hydrogen-bond donors (Lipinski definition) is 0. The molecule has 1 saturated heterocycles. The number of pyridine rings is 1. The van der Waals surface area contributed by atoms with E-state index in [0.29, 0.717) is 30.8 Å². The lowest BCUT2D eigenvalue weighted by atomic mass is 10.0. The maximum absolute atomic E-state index is 15.1. The SMILES string of the molecule is O=C(C1CC1)N1CC[C@H](Cn2ncn(-c3c(F)cc(-c4ccc5cccnc5c4)cc3F)c2=O)C1. The Kier molecular flexibility index (Phi) is 5.20. The Morgan fingerprint density at radius 3 is 2.60 bits per heavy atom. The van der Waals surface area contributed by atoms with Crippen LogP contribution in [0.15, 0.2) is 59.8 Å². The first-order chi connectivity index (χ1) is 17.0. The third-order valence-electron chi connectivity index (χ3n) is 6.89. The number of fused-ring (bicyclic) bond motifs is 1. The fourth-order valence-corrected chi connectivity index (χ4v) is 4.84. The van der Waals surface area contributed by atoms with E-state index < -0.39 is 23.0 Å². The number of aromatic nitrogens is 4. The molecule has 1 saturated carbocycles. The van der Waals surface area contributed by atoms with Crippen LogP contribution < -0.4 is 5.69 Å². The molecule has 9 heteroatoms. The van der Waals surface area contributed by atoms with Crippen LogP contribution in [0.25, 0.3) is 27.7 Å². The number of carbonyl (C=O) groups excluding carboxylic acids is 1. The second-order valence-electron chi connectivity index (χ2n) is 9.38. The molecule has 0 unspecified atom stereocenters. The van der Waals surface area contributed by atoms with E-state index >= 15 is 8.78 Å². The van der Waals surface area contributed by atoms with Crippen molar-refractivity contribution < 1.29 is 13.6 Å². The number of benzene rings is 2. The molecule has 2 aliphatic rings. The molecule has 178 valence electrons. The summed E-state index contributed by atoms with van der Waals surface area (Å²) in [6, 6.07) is 11.6. The van der Waals surface area contributed by atoms with Gasteiger partial charge in [0.15, 0.2) is 11.6 Å². The van der Waals surface area contributed by atoms with E-state index in [4.69, 9.17) is 0 Å². The summed E-state index contributed by atoms with van der Waals surface area (Å²) < 4.78 is 32.4. The van der Waals surface area contributed by atoms with Crippen LogP contribution >= 0.6 is 0 Å². The Hall–Kier alpha value is -3.88. The van der Waals surface area contributed by atoms with Gasteiger partial charge in [0.2, 0.25) is 5.91 Å². The van der Waals surface area contributed by atoms with Crippen molar-refractivity contribution in [3.8, 4) is 16.8 Å². The van der Waals surface area contributed by atoms with Gasteiger partial charge in [0.1, 0.15) is 12.0 Å². The maximum Gasteiger partial charge on any atom is 0.350 e. The average molecular weight is 475 g/mol. The summed E-state index contributed by atoms with van der Waals surface area (Å²) in [6.07, 6.45) is 5.49. The zero-order valence-electron chi connectivity index (χ0n) is 18.9. The van der Waals surface area contributed by atoms with E-state index in [0.717, 1.165) is 41.1 Å². The van der Waals surface area contributed by atoms with Crippen LogP contribution in [-0.2, 0) is 11.3 Å². The van der Waals surface area contributed by atoms with Crippen LogP contribution in [0.3, 0.4) is 0 Å². The minimum Gasteiger partial charge on any atom is -0.342 e. The van der Waals surface area contributed by atoms with Crippen molar-refractivity contribution in [2.45, 2.75) is 25.8 Å². The predicted molar refractivity (Wildman–Crippen MR) is 126 cm³/mol. The monoisotopic (exact) mass is 475 g/mol. The molecule has 2 aromatic heterocycles. The summed E-state index contributed by atoms with van der Waals surface area (Å²) in [4.78, 5) is 31.4. The quantitative estimate of drug-likeness (QED) is 0.440. The summed E-state index contributed by atoms with van der Waals surface area (Å²) in [5, 5.41) is 5.02. The fraction of sp³-hybridized carbons (Fsp3) is 0.308. The Bertz CT molecular complexity index is 1480. The van der Waals surface area contributed by atoms with Crippen LogP contribution in [0.5, 0.6) is 0 Å². The third-order valence-corrected chi connectivity index (χ3v) is 6.89. The predicted octanol–water partition coefficient (Wildman–Crippen LogP) is 3.79. The Balaban J connectivity index is 1.25. The average Bonchev–Trinajstić information content (AvgIpc) is 3.52. The van der Waals surface area contributed by atoms with Gasteiger partial charge < -0.3 is 4.90 Å². The highest BCUT2D eigenvalue weighted by atomic mass is 19.1. The molecule has 1 aliphatic heterocycles. The Labute approximate surface area is 199 Å². The smallest absolute Gasteiger partial charge is 0.342 e. The molecule has 0 radical (unpaired) electrons. The van der Waals surface area contributed by atoms with Crippen molar-refractivity contribution in [1.29, 1.82) is 0 Å². The number of carbonyl (C=O) groups is 1. The molecule has 1 amide bonds. The van der Waals surface area contributed by atoms with Crippen molar-refractivity contribution >= 4 is 16.8 Å². The van der Waals surface area contributed by atoms with Gasteiger partial charge in [0, 0.05) is 30.6 Å². The lowest BCUT2D eigenvalue weighted by molar-refractivity contribution is -0.131. The molecule has 2 aromatic carbocycles. The molecular formula is C26H23F2N5O2. The first kappa shape index (κ1) is 21.6. The topological polar surface area (TPSA) is 73.0 Å². The molecule has 7 nitrogen and oxygen atoms in total. The fourth-order valence-electron chi connectivity index (χ4n) is 4.84. The van der Waals surface area contributed by atoms with Gasteiger partial charge in [-0.25, -0.2) is 22.8 Å². The van der Waals surface area contributed by atoms with Crippen LogP contribution in [0.4, 0.5) is 8.78 Å². The molecule has 0 N–H and O–H groups in total. The summed E-state index contributed by atoms with van der Waals surface area (Å²) in [7, 11) is 0. The van der Waals surface area contributed by atoms with Gasteiger partial charge in [-0.05, 0) is 60.6 Å². The van der Waals surface area contributed by atoms with Crippen LogP contribution in [-0.4, -0.2) is 43.2 Å². The van der Waals surface area contributed by atoms with Crippen LogP contribution in [0, 0.1) is 23.5 Å². The summed E-state index contributed by atoms with van der Waals surface area (Å²) in [5.41, 5.74) is 0.619. The number of nitrogens with zero attached hydrogens (tertiary/aromatic N) is 5. The van der Waals surface area contributed by atoms with Crippen molar-refractivity contribution in [2.24, 2.45) is 11.8 Å². The van der Waals surface area contributed by atoms with Crippen molar-refractivity contribution in [2.75, 3.05) is 13.1 Å². The maximum atomic E-state index is 15.1. The Morgan fingerprint density at radius 1 is 1.03 bits per heavy atom. The number of likely N-dealkylation sites (tertiary alicyclic amines) is 1.